The Kier molecular flexibility index (Phi) is 4.85. The first-order chi connectivity index (χ1) is 12.5. The topological polar surface area (TPSA) is 87.5 Å². The molecule has 0 saturated heterocycles. The minimum atomic E-state index is -0.477. The molecule has 0 aliphatic carbocycles. The maximum atomic E-state index is 12.8. The van der Waals surface area contributed by atoms with E-state index in [1.54, 1.807) is 31.2 Å². The van der Waals surface area contributed by atoms with Crippen molar-refractivity contribution in [2.45, 2.75) is 13.5 Å². The largest absolute Gasteiger partial charge is 0.465 e. The van der Waals surface area contributed by atoms with Gasteiger partial charge in [0.15, 0.2) is 0 Å². The Hall–Kier alpha value is -3.00. The van der Waals surface area contributed by atoms with Gasteiger partial charge in [-0.3, -0.25) is 9.36 Å². The van der Waals surface area contributed by atoms with E-state index >= 15 is 0 Å². The lowest BCUT2D eigenvalue weighted by molar-refractivity contribution is 0.0594. The number of ether oxygens (including phenoxy) is 2. The number of thiophene rings is 1. The summed E-state index contributed by atoms with van der Waals surface area (Å²) in [4.78, 5) is 41.3. The molecule has 0 fully saturated rings. The van der Waals surface area contributed by atoms with Gasteiger partial charge in [0.05, 0.1) is 38.0 Å². The molecule has 0 amide bonds. The second-order valence-electron chi connectivity index (χ2n) is 5.59. The molecule has 2 heterocycles. The third kappa shape index (κ3) is 3.11. The van der Waals surface area contributed by atoms with Crippen LogP contribution in [0.3, 0.4) is 0 Å². The second-order valence-corrected chi connectivity index (χ2v) is 6.59. The lowest BCUT2D eigenvalue weighted by Gasteiger charge is -2.06. The molecule has 3 rings (SSSR count). The number of carbonyl (C=O) groups is 2. The molecule has 0 N–H and O–H groups in total. The van der Waals surface area contributed by atoms with Crippen LogP contribution in [-0.2, 0) is 16.0 Å². The first-order valence-electron chi connectivity index (χ1n) is 7.70. The van der Waals surface area contributed by atoms with E-state index in [1.165, 1.54) is 25.1 Å². The fourth-order valence-electron chi connectivity index (χ4n) is 2.62. The highest BCUT2D eigenvalue weighted by Gasteiger charge is 2.19. The Bertz CT molecular complexity index is 1050. The van der Waals surface area contributed by atoms with Crippen LogP contribution >= 0.6 is 11.3 Å². The molecular formula is C18H16N2O5S. The summed E-state index contributed by atoms with van der Waals surface area (Å²) in [5, 5.41) is 0.420. The Balaban J connectivity index is 1.97. The van der Waals surface area contributed by atoms with Gasteiger partial charge in [-0.15, -0.1) is 11.3 Å². The Labute approximate surface area is 152 Å². The van der Waals surface area contributed by atoms with E-state index in [4.69, 9.17) is 4.74 Å². The van der Waals surface area contributed by atoms with Gasteiger partial charge in [0, 0.05) is 0 Å². The molecule has 0 radical (unpaired) electrons. The summed E-state index contributed by atoms with van der Waals surface area (Å²) in [5.41, 5.74) is 1.62. The fraction of sp³-hybridized carbons (Fsp3) is 0.222. The molecule has 0 atom stereocenters. The number of hydrogen-bond acceptors (Lipinski definition) is 7. The van der Waals surface area contributed by atoms with Crippen LogP contribution in [-0.4, -0.2) is 35.7 Å². The highest BCUT2D eigenvalue weighted by Crippen LogP contribution is 2.27. The molecule has 0 saturated carbocycles. The number of methoxy groups -OCH3 is 2. The standard InChI is InChI=1S/C18H16N2O5S/c1-10-13-15(26-14(10)18(23)25-3)19-9-20(16(13)21)8-11-4-6-12(7-5-11)17(22)24-2/h4-7,9H,8H2,1-3H3. The smallest absolute Gasteiger partial charge is 0.348 e. The predicted molar refractivity (Wildman–Crippen MR) is 96.8 cm³/mol. The van der Waals surface area contributed by atoms with Crippen molar-refractivity contribution in [3.05, 3.63) is 62.5 Å². The highest BCUT2D eigenvalue weighted by atomic mass is 32.1. The van der Waals surface area contributed by atoms with Crippen molar-refractivity contribution in [2.75, 3.05) is 14.2 Å². The molecule has 0 spiro atoms. The minimum Gasteiger partial charge on any atom is -0.465 e. The quantitative estimate of drug-likeness (QED) is 0.654. The van der Waals surface area contributed by atoms with Crippen molar-refractivity contribution in [3.8, 4) is 0 Å². The van der Waals surface area contributed by atoms with Crippen molar-refractivity contribution < 1.29 is 19.1 Å². The van der Waals surface area contributed by atoms with Gasteiger partial charge in [-0.1, -0.05) is 12.1 Å². The molecule has 8 heteroatoms. The zero-order valence-electron chi connectivity index (χ0n) is 14.4. The Morgan fingerprint density at radius 1 is 1.12 bits per heavy atom. The fourth-order valence-corrected chi connectivity index (χ4v) is 3.68. The van der Waals surface area contributed by atoms with Crippen molar-refractivity contribution >= 4 is 33.5 Å². The Morgan fingerprint density at radius 2 is 1.77 bits per heavy atom. The molecule has 3 aromatic rings. The van der Waals surface area contributed by atoms with Gasteiger partial charge in [0.2, 0.25) is 0 Å². The van der Waals surface area contributed by atoms with Gasteiger partial charge < -0.3 is 9.47 Å². The summed E-state index contributed by atoms with van der Waals surface area (Å²) in [7, 11) is 2.62. The molecule has 1 aromatic carbocycles. The zero-order valence-corrected chi connectivity index (χ0v) is 15.3. The van der Waals surface area contributed by atoms with E-state index in [0.29, 0.717) is 32.8 Å². The molecule has 0 unspecified atom stereocenters. The number of rotatable bonds is 4. The third-order valence-corrected chi connectivity index (χ3v) is 5.20. The highest BCUT2D eigenvalue weighted by molar-refractivity contribution is 7.20. The lowest BCUT2D eigenvalue weighted by Crippen LogP contribution is -2.21. The SMILES string of the molecule is COC(=O)c1ccc(Cn2cnc3sc(C(=O)OC)c(C)c3c2=O)cc1. The summed E-state index contributed by atoms with van der Waals surface area (Å²) >= 11 is 1.14. The summed E-state index contributed by atoms with van der Waals surface area (Å²) in [6, 6.07) is 6.79. The molecule has 2 aromatic heterocycles. The van der Waals surface area contributed by atoms with Gasteiger partial charge in [-0.2, -0.15) is 0 Å². The predicted octanol–water partition coefficient (Wildman–Crippen LogP) is 2.39. The van der Waals surface area contributed by atoms with Gasteiger partial charge in [-0.25, -0.2) is 14.6 Å². The average Bonchev–Trinajstić information content (AvgIpc) is 3.00. The van der Waals surface area contributed by atoms with Crippen LogP contribution in [0.1, 0.15) is 31.2 Å². The monoisotopic (exact) mass is 372 g/mol. The molecule has 0 aliphatic heterocycles. The van der Waals surface area contributed by atoms with Crippen LogP contribution in [0.5, 0.6) is 0 Å². The van der Waals surface area contributed by atoms with Gasteiger partial charge in [-0.05, 0) is 30.2 Å². The first-order valence-corrected chi connectivity index (χ1v) is 8.52. The van der Waals surface area contributed by atoms with E-state index in [1.807, 2.05) is 0 Å². The maximum Gasteiger partial charge on any atom is 0.348 e. The summed E-state index contributed by atoms with van der Waals surface area (Å²) in [6.45, 7) is 2.01. The van der Waals surface area contributed by atoms with Crippen LogP contribution in [0.15, 0.2) is 35.4 Å². The van der Waals surface area contributed by atoms with E-state index in [0.717, 1.165) is 16.9 Å². The summed E-state index contributed by atoms with van der Waals surface area (Å²) in [6.07, 6.45) is 1.45. The molecule has 26 heavy (non-hydrogen) atoms. The molecule has 0 aliphatic rings. The van der Waals surface area contributed by atoms with Gasteiger partial charge >= 0.3 is 11.9 Å². The first kappa shape index (κ1) is 17.8. The van der Waals surface area contributed by atoms with Crippen molar-refractivity contribution in [2.24, 2.45) is 0 Å². The second kappa shape index (κ2) is 7.09. The maximum absolute atomic E-state index is 12.8. The van der Waals surface area contributed by atoms with Gasteiger partial charge in [0.25, 0.3) is 5.56 Å². The summed E-state index contributed by atoms with van der Waals surface area (Å²) < 4.78 is 10.9. The summed E-state index contributed by atoms with van der Waals surface area (Å²) in [5.74, 6) is -0.893. The number of benzene rings is 1. The third-order valence-electron chi connectivity index (χ3n) is 4.02. The van der Waals surface area contributed by atoms with Crippen molar-refractivity contribution in [1.29, 1.82) is 0 Å². The van der Waals surface area contributed by atoms with Crippen LogP contribution in [0.4, 0.5) is 0 Å². The number of fused-ring (bicyclic) bond motifs is 1. The normalized spacial score (nSPS) is 10.7. The molecule has 134 valence electrons. The number of nitrogens with zero attached hydrogens (tertiary/aromatic N) is 2. The van der Waals surface area contributed by atoms with Crippen molar-refractivity contribution in [1.82, 2.24) is 9.55 Å². The van der Waals surface area contributed by atoms with E-state index < -0.39 is 11.9 Å². The minimum absolute atomic E-state index is 0.226. The lowest BCUT2D eigenvalue weighted by atomic mass is 10.1. The molecular weight excluding hydrogens is 356 g/mol. The Morgan fingerprint density at radius 3 is 2.38 bits per heavy atom. The van der Waals surface area contributed by atoms with E-state index in [2.05, 4.69) is 9.72 Å². The van der Waals surface area contributed by atoms with E-state index in [9.17, 15) is 14.4 Å². The van der Waals surface area contributed by atoms with Gasteiger partial charge in [0.1, 0.15) is 9.71 Å². The average molecular weight is 372 g/mol. The molecule has 0 bridgehead atoms. The molecule has 7 nitrogen and oxygen atoms in total. The zero-order chi connectivity index (χ0) is 18.8. The number of aromatic nitrogens is 2. The number of aryl methyl sites for hydroxylation is 1. The number of esters is 2. The van der Waals surface area contributed by atoms with Crippen LogP contribution in [0.2, 0.25) is 0 Å². The van der Waals surface area contributed by atoms with Crippen LogP contribution < -0.4 is 5.56 Å². The van der Waals surface area contributed by atoms with Crippen molar-refractivity contribution in [3.63, 3.8) is 0 Å². The number of carbonyl (C=O) groups excluding carboxylic acids is 2. The van der Waals surface area contributed by atoms with Crippen LogP contribution in [0, 0.1) is 6.92 Å². The van der Waals surface area contributed by atoms with Crippen LogP contribution in [0.25, 0.3) is 10.2 Å². The number of hydrogen-bond donors (Lipinski definition) is 0. The van der Waals surface area contributed by atoms with E-state index in [-0.39, 0.29) is 5.56 Å².